The molecule has 0 fully saturated rings. The maximum Gasteiger partial charge on any atom is 0.261 e. The minimum atomic E-state index is -3.56. The van der Waals surface area contributed by atoms with Gasteiger partial charge in [-0.1, -0.05) is 6.07 Å². The van der Waals surface area contributed by atoms with Crippen LogP contribution in [-0.2, 0) is 23.1 Å². The van der Waals surface area contributed by atoms with Crippen molar-refractivity contribution in [2.75, 3.05) is 4.72 Å². The van der Waals surface area contributed by atoms with Crippen molar-refractivity contribution in [2.45, 2.75) is 24.9 Å². The molecule has 0 amide bonds. The molecule has 6 heteroatoms. The molecule has 0 saturated carbocycles. The van der Waals surface area contributed by atoms with Gasteiger partial charge in [-0.25, -0.2) is 8.42 Å². The van der Waals surface area contributed by atoms with Crippen LogP contribution in [0.25, 0.3) is 0 Å². The van der Waals surface area contributed by atoms with Crippen LogP contribution in [0.3, 0.4) is 0 Å². The lowest BCUT2D eigenvalue weighted by atomic mass is 10.1. The number of sulfonamides is 1. The monoisotopic (exact) mass is 289 g/mol. The standard InChI is InChI=1S/C14H15N3O2S/c1-10-7-15-5-4-14(10)17-20(18,19)13-3-2-11-8-16-9-12(11)6-13/h2-7,16H,8-9H2,1H3,(H,15,17). The summed E-state index contributed by atoms with van der Waals surface area (Å²) in [6.07, 6.45) is 3.20. The minimum absolute atomic E-state index is 0.288. The first kappa shape index (κ1) is 13.1. The fourth-order valence-electron chi connectivity index (χ4n) is 2.23. The average Bonchev–Trinajstić information content (AvgIpc) is 2.88. The third kappa shape index (κ3) is 2.39. The number of hydrogen-bond acceptors (Lipinski definition) is 4. The molecule has 1 aliphatic rings. The fourth-order valence-corrected chi connectivity index (χ4v) is 3.41. The summed E-state index contributed by atoms with van der Waals surface area (Å²) in [4.78, 5) is 4.24. The number of benzene rings is 1. The van der Waals surface area contributed by atoms with E-state index in [2.05, 4.69) is 15.0 Å². The second kappa shape index (κ2) is 4.88. The van der Waals surface area contributed by atoms with Gasteiger partial charge < -0.3 is 5.32 Å². The zero-order valence-corrected chi connectivity index (χ0v) is 11.9. The molecule has 0 radical (unpaired) electrons. The van der Waals surface area contributed by atoms with E-state index in [9.17, 15) is 8.42 Å². The lowest BCUT2D eigenvalue weighted by Crippen LogP contribution is -2.14. The average molecular weight is 289 g/mol. The zero-order valence-electron chi connectivity index (χ0n) is 11.1. The van der Waals surface area contributed by atoms with Crippen LogP contribution in [-0.4, -0.2) is 13.4 Å². The van der Waals surface area contributed by atoms with Crippen molar-refractivity contribution < 1.29 is 8.42 Å². The van der Waals surface area contributed by atoms with Crippen molar-refractivity contribution in [3.8, 4) is 0 Å². The van der Waals surface area contributed by atoms with Crippen molar-refractivity contribution >= 4 is 15.7 Å². The highest BCUT2D eigenvalue weighted by Crippen LogP contribution is 2.23. The minimum Gasteiger partial charge on any atom is -0.309 e. The van der Waals surface area contributed by atoms with Gasteiger partial charge in [0.1, 0.15) is 0 Å². The molecule has 2 aromatic rings. The predicted molar refractivity (Wildman–Crippen MR) is 76.8 cm³/mol. The largest absolute Gasteiger partial charge is 0.309 e. The van der Waals surface area contributed by atoms with Gasteiger partial charge in [-0.2, -0.15) is 0 Å². The van der Waals surface area contributed by atoms with Crippen LogP contribution in [0.15, 0.2) is 41.6 Å². The molecule has 2 N–H and O–H groups in total. The molecular formula is C14H15N3O2S. The van der Waals surface area contributed by atoms with Gasteiger partial charge in [0, 0.05) is 25.5 Å². The Kier molecular flexibility index (Phi) is 3.19. The number of rotatable bonds is 3. The third-order valence-electron chi connectivity index (χ3n) is 3.38. The van der Waals surface area contributed by atoms with E-state index in [1.807, 2.05) is 13.0 Å². The Labute approximate surface area is 118 Å². The number of hydrogen-bond donors (Lipinski definition) is 2. The van der Waals surface area contributed by atoms with E-state index in [0.717, 1.165) is 23.2 Å². The lowest BCUT2D eigenvalue weighted by molar-refractivity contribution is 0.601. The summed E-state index contributed by atoms with van der Waals surface area (Å²) in [7, 11) is -3.56. The van der Waals surface area contributed by atoms with Crippen molar-refractivity contribution in [1.29, 1.82) is 0 Å². The van der Waals surface area contributed by atoms with Crippen LogP contribution in [0, 0.1) is 6.92 Å². The van der Waals surface area contributed by atoms with E-state index < -0.39 is 10.0 Å². The number of pyridine rings is 1. The number of nitrogens with zero attached hydrogens (tertiary/aromatic N) is 1. The third-order valence-corrected chi connectivity index (χ3v) is 4.75. The second-order valence-electron chi connectivity index (χ2n) is 4.83. The van der Waals surface area contributed by atoms with E-state index in [1.54, 1.807) is 30.6 Å². The molecular weight excluding hydrogens is 274 g/mol. The summed E-state index contributed by atoms with van der Waals surface area (Å²) in [6.45, 7) is 3.33. The second-order valence-corrected chi connectivity index (χ2v) is 6.51. The Bertz CT molecular complexity index is 757. The molecule has 2 heterocycles. The first-order chi connectivity index (χ1) is 9.56. The van der Waals surface area contributed by atoms with E-state index in [4.69, 9.17) is 0 Å². The number of aromatic nitrogens is 1. The quantitative estimate of drug-likeness (QED) is 0.904. The van der Waals surface area contributed by atoms with Crippen molar-refractivity contribution in [3.63, 3.8) is 0 Å². The molecule has 0 atom stereocenters. The van der Waals surface area contributed by atoms with Gasteiger partial charge in [-0.15, -0.1) is 0 Å². The van der Waals surface area contributed by atoms with Crippen molar-refractivity contribution in [1.82, 2.24) is 10.3 Å². The number of fused-ring (bicyclic) bond motifs is 1. The molecule has 0 aliphatic carbocycles. The van der Waals surface area contributed by atoms with Crippen molar-refractivity contribution in [3.05, 3.63) is 53.3 Å². The maximum absolute atomic E-state index is 12.4. The molecule has 1 aliphatic heterocycles. The van der Waals surface area contributed by atoms with Crippen LogP contribution in [0.5, 0.6) is 0 Å². The molecule has 0 unspecified atom stereocenters. The SMILES string of the molecule is Cc1cnccc1NS(=O)(=O)c1ccc2c(c1)CNC2. The molecule has 5 nitrogen and oxygen atoms in total. The summed E-state index contributed by atoms with van der Waals surface area (Å²) in [5.74, 6) is 0. The van der Waals surface area contributed by atoms with E-state index in [-0.39, 0.29) is 4.90 Å². The van der Waals surface area contributed by atoms with Crippen LogP contribution < -0.4 is 10.0 Å². The molecule has 1 aromatic carbocycles. The van der Waals surface area contributed by atoms with Gasteiger partial charge in [0.05, 0.1) is 10.6 Å². The normalized spacial score (nSPS) is 14.1. The van der Waals surface area contributed by atoms with Crippen LogP contribution in [0.1, 0.15) is 16.7 Å². The highest BCUT2D eigenvalue weighted by Gasteiger charge is 2.18. The highest BCUT2D eigenvalue weighted by molar-refractivity contribution is 7.92. The lowest BCUT2D eigenvalue weighted by Gasteiger charge is -2.11. The van der Waals surface area contributed by atoms with E-state index in [0.29, 0.717) is 12.2 Å². The van der Waals surface area contributed by atoms with Crippen LogP contribution in [0.4, 0.5) is 5.69 Å². The maximum atomic E-state index is 12.4. The van der Waals surface area contributed by atoms with Gasteiger partial charge in [-0.05, 0) is 41.8 Å². The van der Waals surface area contributed by atoms with Crippen LogP contribution in [0.2, 0.25) is 0 Å². The highest BCUT2D eigenvalue weighted by atomic mass is 32.2. The molecule has 0 spiro atoms. The molecule has 0 bridgehead atoms. The van der Waals surface area contributed by atoms with Gasteiger partial charge in [-0.3, -0.25) is 9.71 Å². The Balaban J connectivity index is 1.94. The molecule has 20 heavy (non-hydrogen) atoms. The van der Waals surface area contributed by atoms with Gasteiger partial charge >= 0.3 is 0 Å². The predicted octanol–water partition coefficient (Wildman–Crippen LogP) is 1.79. The van der Waals surface area contributed by atoms with Gasteiger partial charge in [0.15, 0.2) is 0 Å². The number of nitrogens with one attached hydrogen (secondary N) is 2. The Morgan fingerprint density at radius 1 is 1.20 bits per heavy atom. The van der Waals surface area contributed by atoms with Gasteiger partial charge in [0.25, 0.3) is 10.0 Å². The van der Waals surface area contributed by atoms with Gasteiger partial charge in [0.2, 0.25) is 0 Å². The van der Waals surface area contributed by atoms with E-state index in [1.165, 1.54) is 0 Å². The number of aryl methyl sites for hydroxylation is 1. The fraction of sp³-hybridized carbons (Fsp3) is 0.214. The molecule has 0 saturated heterocycles. The zero-order chi connectivity index (χ0) is 14.2. The smallest absolute Gasteiger partial charge is 0.261 e. The number of anilines is 1. The summed E-state index contributed by atoms with van der Waals surface area (Å²) < 4.78 is 27.4. The molecule has 3 rings (SSSR count). The van der Waals surface area contributed by atoms with Crippen LogP contribution >= 0.6 is 0 Å². The summed E-state index contributed by atoms with van der Waals surface area (Å²) in [5, 5.41) is 3.20. The Morgan fingerprint density at radius 2 is 2.00 bits per heavy atom. The van der Waals surface area contributed by atoms with Crippen molar-refractivity contribution in [2.24, 2.45) is 0 Å². The summed E-state index contributed by atoms with van der Waals surface area (Å²) in [5.41, 5.74) is 3.54. The Morgan fingerprint density at radius 3 is 2.80 bits per heavy atom. The Hall–Kier alpha value is -1.92. The van der Waals surface area contributed by atoms with E-state index >= 15 is 0 Å². The first-order valence-corrected chi connectivity index (χ1v) is 7.80. The topological polar surface area (TPSA) is 71.1 Å². The first-order valence-electron chi connectivity index (χ1n) is 6.32. The molecule has 1 aromatic heterocycles. The summed E-state index contributed by atoms with van der Waals surface area (Å²) >= 11 is 0. The summed E-state index contributed by atoms with van der Waals surface area (Å²) in [6, 6.07) is 6.89. The molecule has 104 valence electrons.